The zero-order valence-corrected chi connectivity index (χ0v) is 23.9. The highest BCUT2D eigenvalue weighted by atomic mass is 35.5. The SMILES string of the molecule is O=C(/C=C/CN1CCC(OC(F)F)CC1)Nc1cc2c(Nc3ccc(Cl)c(Cl)c3F)ncnc2cc1OCCOC(F)F. The van der Waals surface area contributed by atoms with Gasteiger partial charge < -0.3 is 24.8 Å². The highest BCUT2D eigenvalue weighted by molar-refractivity contribution is 6.42. The van der Waals surface area contributed by atoms with E-state index in [-0.39, 0.29) is 39.6 Å². The van der Waals surface area contributed by atoms with E-state index in [1.165, 1.54) is 36.7 Å². The quantitative estimate of drug-likeness (QED) is 0.0921. The van der Waals surface area contributed by atoms with Crippen LogP contribution in [0.4, 0.5) is 39.1 Å². The molecule has 0 aliphatic carbocycles. The number of piperidine rings is 1. The smallest absolute Gasteiger partial charge is 0.345 e. The zero-order valence-electron chi connectivity index (χ0n) is 22.3. The van der Waals surface area contributed by atoms with Crippen LogP contribution in [0.2, 0.25) is 10.0 Å². The summed E-state index contributed by atoms with van der Waals surface area (Å²) in [7, 11) is 0. The van der Waals surface area contributed by atoms with E-state index >= 15 is 0 Å². The van der Waals surface area contributed by atoms with Crippen molar-refractivity contribution in [2.45, 2.75) is 32.2 Å². The number of fused-ring (bicyclic) bond motifs is 1. The standard InChI is InChI=1S/C27H26Cl2F5N5O4/c28-17-3-4-18(24(30)23(17)29)38-25-16-12-20(21(13-19(16)35-14-36-25)41-10-11-42-26(31)32)37-22(40)2-1-7-39-8-5-15(6-9-39)43-27(33)34/h1-4,12-15,26-27H,5-11H2,(H,37,40)(H,35,36,38)/b2-1+. The van der Waals surface area contributed by atoms with Crippen LogP contribution >= 0.6 is 23.2 Å². The minimum atomic E-state index is -2.98. The lowest BCUT2D eigenvalue weighted by molar-refractivity contribution is -0.172. The summed E-state index contributed by atoms with van der Waals surface area (Å²) in [4.78, 5) is 23.2. The number of hydrogen-bond acceptors (Lipinski definition) is 8. The van der Waals surface area contributed by atoms with E-state index in [1.807, 2.05) is 4.90 Å². The molecule has 0 unspecified atom stereocenters. The fourth-order valence-electron chi connectivity index (χ4n) is 4.30. The van der Waals surface area contributed by atoms with Gasteiger partial charge in [-0.25, -0.2) is 14.4 Å². The molecule has 0 saturated carbocycles. The van der Waals surface area contributed by atoms with Gasteiger partial charge in [0.1, 0.15) is 24.5 Å². The molecule has 0 bridgehead atoms. The Labute approximate surface area is 252 Å². The Bertz CT molecular complexity index is 1440. The average molecular weight is 650 g/mol. The third-order valence-corrected chi connectivity index (χ3v) is 7.11. The van der Waals surface area contributed by atoms with Crippen LogP contribution in [0.5, 0.6) is 5.75 Å². The summed E-state index contributed by atoms with van der Waals surface area (Å²) in [5.41, 5.74) is 0.462. The van der Waals surface area contributed by atoms with Gasteiger partial charge in [-0.15, -0.1) is 0 Å². The molecule has 4 rings (SSSR count). The van der Waals surface area contributed by atoms with Gasteiger partial charge in [0.05, 0.1) is 39.6 Å². The van der Waals surface area contributed by atoms with Crippen LogP contribution in [0.25, 0.3) is 10.9 Å². The Morgan fingerprint density at radius 2 is 1.84 bits per heavy atom. The summed E-state index contributed by atoms with van der Waals surface area (Å²) < 4.78 is 78.7. The summed E-state index contributed by atoms with van der Waals surface area (Å²) in [5, 5.41) is 5.62. The van der Waals surface area contributed by atoms with Gasteiger partial charge in [-0.3, -0.25) is 9.69 Å². The van der Waals surface area contributed by atoms with Crippen molar-refractivity contribution in [3.8, 4) is 5.75 Å². The first-order valence-electron chi connectivity index (χ1n) is 13.0. The number of carbonyl (C=O) groups excluding carboxylic acids is 1. The summed E-state index contributed by atoms with van der Waals surface area (Å²) in [6, 6.07) is 5.72. The molecule has 3 aromatic rings. The van der Waals surface area contributed by atoms with E-state index in [1.54, 1.807) is 6.08 Å². The van der Waals surface area contributed by atoms with Gasteiger partial charge in [-0.05, 0) is 31.0 Å². The lowest BCUT2D eigenvalue weighted by atomic mass is 10.1. The predicted molar refractivity (Wildman–Crippen MR) is 151 cm³/mol. The minimum Gasteiger partial charge on any atom is -0.489 e. The molecule has 1 saturated heterocycles. The second-order valence-electron chi connectivity index (χ2n) is 9.20. The summed E-state index contributed by atoms with van der Waals surface area (Å²) in [6.07, 6.45) is 4.51. The molecular formula is C27H26Cl2F5N5O4. The molecule has 0 spiro atoms. The van der Waals surface area contributed by atoms with Crippen LogP contribution in [-0.2, 0) is 14.3 Å². The molecule has 1 aliphatic rings. The number of carbonyl (C=O) groups is 1. The van der Waals surface area contributed by atoms with E-state index in [0.717, 1.165) is 0 Å². The normalized spacial score (nSPS) is 14.7. The first kappa shape index (κ1) is 32.6. The molecule has 0 atom stereocenters. The third kappa shape index (κ3) is 9.34. The van der Waals surface area contributed by atoms with Crippen LogP contribution < -0.4 is 15.4 Å². The number of benzene rings is 2. The van der Waals surface area contributed by atoms with Gasteiger partial charge in [-0.2, -0.15) is 17.6 Å². The maximum absolute atomic E-state index is 14.7. The number of halogens is 7. The summed E-state index contributed by atoms with van der Waals surface area (Å²) >= 11 is 11.8. The molecule has 232 valence electrons. The molecule has 2 heterocycles. The van der Waals surface area contributed by atoms with Gasteiger partial charge in [0, 0.05) is 37.2 Å². The lowest BCUT2D eigenvalue weighted by Crippen LogP contribution is -2.37. The number of anilines is 3. The Kier molecular flexibility index (Phi) is 11.7. The molecular weight excluding hydrogens is 624 g/mol. The van der Waals surface area contributed by atoms with Crippen molar-refractivity contribution in [2.24, 2.45) is 0 Å². The Hall–Kier alpha value is -3.30. The van der Waals surface area contributed by atoms with E-state index in [2.05, 4.69) is 30.1 Å². The van der Waals surface area contributed by atoms with E-state index in [0.29, 0.717) is 43.4 Å². The number of hydrogen-bond donors (Lipinski definition) is 2. The van der Waals surface area contributed by atoms with Crippen molar-refractivity contribution in [1.29, 1.82) is 0 Å². The van der Waals surface area contributed by atoms with Crippen molar-refractivity contribution in [3.05, 3.63) is 58.6 Å². The first-order valence-corrected chi connectivity index (χ1v) is 13.7. The van der Waals surface area contributed by atoms with Crippen molar-refractivity contribution >= 4 is 57.2 Å². The van der Waals surface area contributed by atoms with E-state index < -0.39 is 37.7 Å². The maximum Gasteiger partial charge on any atom is 0.345 e. The van der Waals surface area contributed by atoms with Crippen molar-refractivity contribution in [1.82, 2.24) is 14.9 Å². The molecule has 1 fully saturated rings. The number of rotatable bonds is 13. The second-order valence-corrected chi connectivity index (χ2v) is 9.99. The number of likely N-dealkylation sites (tertiary alicyclic amines) is 1. The largest absolute Gasteiger partial charge is 0.489 e. The Balaban J connectivity index is 1.51. The van der Waals surface area contributed by atoms with Crippen LogP contribution in [0.15, 0.2) is 42.7 Å². The van der Waals surface area contributed by atoms with Gasteiger partial charge in [0.2, 0.25) is 5.91 Å². The Morgan fingerprint density at radius 3 is 2.56 bits per heavy atom. The third-order valence-electron chi connectivity index (χ3n) is 6.33. The van der Waals surface area contributed by atoms with Gasteiger partial charge in [0.15, 0.2) is 5.82 Å². The number of alkyl halides is 4. The highest BCUT2D eigenvalue weighted by Crippen LogP contribution is 2.36. The number of nitrogens with zero attached hydrogens (tertiary/aromatic N) is 3. The topological polar surface area (TPSA) is 97.8 Å². The lowest BCUT2D eigenvalue weighted by Gasteiger charge is -2.30. The summed E-state index contributed by atoms with van der Waals surface area (Å²) in [6.45, 7) is -5.01. The monoisotopic (exact) mass is 649 g/mol. The van der Waals surface area contributed by atoms with E-state index in [4.69, 9.17) is 27.9 Å². The van der Waals surface area contributed by atoms with Crippen LogP contribution in [-0.4, -0.2) is 73.0 Å². The van der Waals surface area contributed by atoms with Gasteiger partial charge in [-0.1, -0.05) is 29.3 Å². The molecule has 2 aromatic carbocycles. The van der Waals surface area contributed by atoms with Gasteiger partial charge >= 0.3 is 13.2 Å². The van der Waals surface area contributed by atoms with Crippen LogP contribution in [0.3, 0.4) is 0 Å². The zero-order chi connectivity index (χ0) is 30.9. The first-order chi connectivity index (χ1) is 20.6. The maximum atomic E-state index is 14.7. The fourth-order valence-corrected chi connectivity index (χ4v) is 4.61. The molecule has 16 heteroatoms. The van der Waals surface area contributed by atoms with Crippen LogP contribution in [0, 0.1) is 5.82 Å². The molecule has 2 N–H and O–H groups in total. The van der Waals surface area contributed by atoms with Crippen molar-refractivity contribution in [2.75, 3.05) is 43.5 Å². The fraction of sp³-hybridized carbons (Fsp3) is 0.370. The molecule has 1 aromatic heterocycles. The van der Waals surface area contributed by atoms with Crippen LogP contribution in [0.1, 0.15) is 12.8 Å². The van der Waals surface area contributed by atoms with Crippen molar-refractivity contribution < 1.29 is 41.0 Å². The average Bonchev–Trinajstić information content (AvgIpc) is 2.96. The van der Waals surface area contributed by atoms with Gasteiger partial charge in [0.25, 0.3) is 0 Å². The molecule has 1 amide bonds. The summed E-state index contributed by atoms with van der Waals surface area (Å²) in [5.74, 6) is -1.06. The number of amides is 1. The number of nitrogens with one attached hydrogen (secondary N) is 2. The predicted octanol–water partition coefficient (Wildman–Crippen LogP) is 6.64. The highest BCUT2D eigenvalue weighted by Gasteiger charge is 2.22. The molecule has 9 nitrogen and oxygen atoms in total. The van der Waals surface area contributed by atoms with E-state index in [9.17, 15) is 26.7 Å². The minimum absolute atomic E-state index is 0.0165. The van der Waals surface area contributed by atoms with Crippen molar-refractivity contribution in [3.63, 3.8) is 0 Å². The number of aromatic nitrogens is 2. The molecule has 0 radical (unpaired) electrons. The molecule has 43 heavy (non-hydrogen) atoms. The Morgan fingerprint density at radius 1 is 1.07 bits per heavy atom. The number of ether oxygens (including phenoxy) is 3. The second kappa shape index (κ2) is 15.4. The molecule has 1 aliphatic heterocycles.